The average Bonchev–Trinajstić information content (AvgIpc) is 2.65. The third-order valence-electron chi connectivity index (χ3n) is 3.55. The van der Waals surface area contributed by atoms with Gasteiger partial charge in [0.15, 0.2) is 0 Å². The Morgan fingerprint density at radius 1 is 0.957 bits per heavy atom. The monoisotopic (exact) mass is 318 g/mol. The number of hydrogen-bond donors (Lipinski definition) is 2. The summed E-state index contributed by atoms with van der Waals surface area (Å²) in [4.78, 5) is 0. The molecule has 0 unspecified atom stereocenters. The summed E-state index contributed by atoms with van der Waals surface area (Å²) in [6.07, 6.45) is 9.93. The van der Waals surface area contributed by atoms with E-state index in [1.54, 1.807) is 0 Å². The molecule has 1 aromatic rings. The van der Waals surface area contributed by atoms with Gasteiger partial charge in [-0.25, -0.2) is 0 Å². The SMILES string of the molecule is [2H]c1c([2H])c([2H])c(NC/C(C)=C/CC/C(C)=C/CC/C(C)=C/CO)c([2H])c1[2H]. The van der Waals surface area contributed by atoms with Crippen LogP contribution in [0.4, 0.5) is 5.69 Å². The number of allylic oxidation sites excluding steroid dienone is 4. The zero-order chi connectivity index (χ0) is 21.3. The summed E-state index contributed by atoms with van der Waals surface area (Å²) in [6, 6.07) is -1.44. The van der Waals surface area contributed by atoms with Crippen molar-refractivity contribution in [2.24, 2.45) is 0 Å². The maximum atomic E-state index is 8.85. The molecule has 0 spiro atoms. The van der Waals surface area contributed by atoms with Crippen LogP contribution in [0.25, 0.3) is 0 Å². The van der Waals surface area contributed by atoms with Crippen LogP contribution >= 0.6 is 0 Å². The van der Waals surface area contributed by atoms with Gasteiger partial charge in [0.25, 0.3) is 0 Å². The molecular formula is C21H31NO. The molecule has 126 valence electrons. The molecule has 0 heterocycles. The van der Waals surface area contributed by atoms with Gasteiger partial charge in [0, 0.05) is 12.2 Å². The Bertz CT molecular complexity index is 740. The largest absolute Gasteiger partial charge is 0.392 e. The minimum atomic E-state index is -0.378. The summed E-state index contributed by atoms with van der Waals surface area (Å²) in [5.41, 5.74) is 3.71. The van der Waals surface area contributed by atoms with E-state index >= 15 is 0 Å². The van der Waals surface area contributed by atoms with Crippen LogP contribution in [0.2, 0.25) is 0 Å². The lowest BCUT2D eigenvalue weighted by Gasteiger charge is -2.06. The summed E-state index contributed by atoms with van der Waals surface area (Å²) in [5, 5.41) is 11.8. The molecule has 0 aliphatic rings. The Balaban J connectivity index is 2.56. The van der Waals surface area contributed by atoms with E-state index in [2.05, 4.69) is 24.4 Å². The van der Waals surface area contributed by atoms with Crippen LogP contribution in [0.15, 0.2) is 65.2 Å². The second-order valence-electron chi connectivity index (χ2n) is 5.76. The number of hydrogen-bond acceptors (Lipinski definition) is 2. The molecule has 0 aliphatic carbocycles. The van der Waals surface area contributed by atoms with Crippen LogP contribution in [-0.2, 0) is 0 Å². The molecule has 23 heavy (non-hydrogen) atoms. The van der Waals surface area contributed by atoms with Crippen molar-refractivity contribution in [1.29, 1.82) is 0 Å². The first-order valence-corrected chi connectivity index (χ1v) is 8.07. The lowest BCUT2D eigenvalue weighted by atomic mass is 10.1. The molecule has 0 aromatic heterocycles. The van der Waals surface area contributed by atoms with Gasteiger partial charge < -0.3 is 10.4 Å². The van der Waals surface area contributed by atoms with E-state index in [0.717, 1.165) is 31.3 Å². The third-order valence-corrected chi connectivity index (χ3v) is 3.55. The van der Waals surface area contributed by atoms with E-state index in [0.29, 0.717) is 6.54 Å². The summed E-state index contributed by atoms with van der Waals surface area (Å²) in [7, 11) is 0. The second kappa shape index (κ2) is 11.7. The minimum Gasteiger partial charge on any atom is -0.392 e. The zero-order valence-electron chi connectivity index (χ0n) is 19.4. The number of para-hydroxylation sites is 1. The van der Waals surface area contributed by atoms with Crippen molar-refractivity contribution in [2.45, 2.75) is 46.5 Å². The quantitative estimate of drug-likeness (QED) is 0.559. The van der Waals surface area contributed by atoms with Gasteiger partial charge in [-0.2, -0.15) is 0 Å². The van der Waals surface area contributed by atoms with Gasteiger partial charge in [0.2, 0.25) is 0 Å². The van der Waals surface area contributed by atoms with E-state index in [4.69, 9.17) is 12.0 Å². The fourth-order valence-electron chi connectivity index (χ4n) is 2.09. The van der Waals surface area contributed by atoms with Crippen LogP contribution in [0.1, 0.15) is 53.3 Å². The molecule has 0 atom stereocenters. The van der Waals surface area contributed by atoms with Gasteiger partial charge in [-0.05, 0) is 58.5 Å². The van der Waals surface area contributed by atoms with Crippen LogP contribution in [0.5, 0.6) is 0 Å². The molecule has 1 rings (SSSR count). The summed E-state index contributed by atoms with van der Waals surface area (Å²) < 4.78 is 38.9. The molecule has 2 heteroatoms. The summed E-state index contributed by atoms with van der Waals surface area (Å²) >= 11 is 0. The van der Waals surface area contributed by atoms with Gasteiger partial charge in [0.05, 0.1) is 13.5 Å². The highest BCUT2D eigenvalue weighted by Crippen LogP contribution is 2.12. The van der Waals surface area contributed by atoms with Gasteiger partial charge in [-0.3, -0.25) is 0 Å². The number of anilines is 1. The number of benzene rings is 1. The normalized spacial score (nSPS) is 16.3. The Labute approximate surface area is 148 Å². The van der Waals surface area contributed by atoms with Gasteiger partial charge in [0.1, 0.15) is 0 Å². The lowest BCUT2D eigenvalue weighted by Crippen LogP contribution is -2.02. The predicted octanol–water partition coefficient (Wildman–Crippen LogP) is 5.49. The number of aliphatic hydroxyl groups excluding tert-OH is 1. The topological polar surface area (TPSA) is 32.3 Å². The maximum absolute atomic E-state index is 8.85. The summed E-state index contributed by atoms with van der Waals surface area (Å²) in [6.45, 7) is 6.62. The molecule has 0 saturated carbocycles. The van der Waals surface area contributed by atoms with Crippen molar-refractivity contribution in [3.05, 3.63) is 65.2 Å². The van der Waals surface area contributed by atoms with Crippen LogP contribution in [-0.4, -0.2) is 18.3 Å². The van der Waals surface area contributed by atoms with Gasteiger partial charge in [-0.15, -0.1) is 0 Å². The van der Waals surface area contributed by atoms with Gasteiger partial charge in [-0.1, -0.05) is 53.1 Å². The van der Waals surface area contributed by atoms with E-state index in [1.165, 1.54) is 11.1 Å². The standard InChI is InChI=1S/C21H31NO/c1-18(9-7-11-19(2)15-16-23)10-8-12-20(3)17-22-21-13-5-4-6-14-21/h4-6,9,12-15,22-23H,7-8,10-11,16-17H2,1-3H3/b18-9+,19-15+,20-12+/i4D,5D,6D,13D,14D. The first-order chi connectivity index (χ1) is 13.2. The van der Waals surface area contributed by atoms with Crippen molar-refractivity contribution in [2.75, 3.05) is 18.5 Å². The Morgan fingerprint density at radius 2 is 1.52 bits per heavy atom. The van der Waals surface area contributed by atoms with Crippen molar-refractivity contribution < 1.29 is 12.0 Å². The first-order valence-electron chi connectivity index (χ1n) is 10.6. The fraction of sp³-hybridized carbons (Fsp3) is 0.429. The Kier molecular flexibility index (Phi) is 6.42. The Hall–Kier alpha value is -1.80. The third kappa shape index (κ3) is 9.75. The summed E-state index contributed by atoms with van der Waals surface area (Å²) in [5.74, 6) is 0. The van der Waals surface area contributed by atoms with E-state index in [1.807, 2.05) is 19.9 Å². The predicted molar refractivity (Wildman–Crippen MR) is 102 cm³/mol. The molecule has 0 fully saturated rings. The highest BCUT2D eigenvalue weighted by atomic mass is 16.2. The highest BCUT2D eigenvalue weighted by molar-refractivity contribution is 5.43. The smallest absolute Gasteiger partial charge is 0.0645 e. The molecular weight excluding hydrogens is 282 g/mol. The van der Waals surface area contributed by atoms with Crippen LogP contribution in [0, 0.1) is 0 Å². The molecule has 0 aliphatic heterocycles. The second-order valence-corrected chi connectivity index (χ2v) is 5.76. The van der Waals surface area contributed by atoms with E-state index < -0.39 is 0 Å². The molecule has 0 bridgehead atoms. The molecule has 1 aromatic carbocycles. The molecule has 2 N–H and O–H groups in total. The number of aliphatic hydroxyl groups is 1. The van der Waals surface area contributed by atoms with Crippen LogP contribution in [0.3, 0.4) is 0 Å². The van der Waals surface area contributed by atoms with Crippen molar-refractivity contribution in [3.63, 3.8) is 0 Å². The first kappa shape index (κ1) is 12.6. The molecule has 2 nitrogen and oxygen atoms in total. The van der Waals surface area contributed by atoms with Crippen molar-refractivity contribution in [1.82, 2.24) is 0 Å². The van der Waals surface area contributed by atoms with E-state index in [-0.39, 0.29) is 42.5 Å². The maximum Gasteiger partial charge on any atom is 0.0645 e. The molecule has 0 amide bonds. The van der Waals surface area contributed by atoms with E-state index in [9.17, 15) is 0 Å². The molecule has 0 radical (unpaired) electrons. The van der Waals surface area contributed by atoms with Crippen LogP contribution < -0.4 is 5.32 Å². The van der Waals surface area contributed by atoms with Crippen molar-refractivity contribution in [3.8, 4) is 0 Å². The van der Waals surface area contributed by atoms with Gasteiger partial charge >= 0.3 is 0 Å². The zero-order valence-corrected chi connectivity index (χ0v) is 14.4. The average molecular weight is 319 g/mol. The lowest BCUT2D eigenvalue weighted by molar-refractivity contribution is 0.341. The number of nitrogens with one attached hydrogen (secondary N) is 1. The van der Waals surface area contributed by atoms with Crippen molar-refractivity contribution >= 4 is 5.69 Å². The Morgan fingerprint density at radius 3 is 2.13 bits per heavy atom. The number of rotatable bonds is 10. The molecule has 0 saturated heterocycles. The highest BCUT2D eigenvalue weighted by Gasteiger charge is 1.94. The fourth-order valence-corrected chi connectivity index (χ4v) is 2.09. The minimum absolute atomic E-state index is 0.0928.